The number of hydrogen-bond acceptors (Lipinski definition) is 8. The summed E-state index contributed by atoms with van der Waals surface area (Å²) in [6.07, 6.45) is 1.48. The van der Waals surface area contributed by atoms with E-state index in [9.17, 15) is 14.4 Å². The summed E-state index contributed by atoms with van der Waals surface area (Å²) < 4.78 is 16.6. The van der Waals surface area contributed by atoms with Crippen molar-refractivity contribution in [1.29, 1.82) is 0 Å². The minimum atomic E-state index is -0.527. The van der Waals surface area contributed by atoms with E-state index in [-0.39, 0.29) is 17.6 Å². The summed E-state index contributed by atoms with van der Waals surface area (Å²) in [6.45, 7) is 6.42. The fourth-order valence-electron chi connectivity index (χ4n) is 3.87. The predicted molar refractivity (Wildman–Crippen MR) is 140 cm³/mol. The minimum absolute atomic E-state index is 0.116. The number of imide groups is 1. The van der Waals surface area contributed by atoms with Gasteiger partial charge in [-0.15, -0.1) is 0 Å². The predicted octanol–water partition coefficient (Wildman–Crippen LogP) is 3.99. The van der Waals surface area contributed by atoms with E-state index in [0.29, 0.717) is 36.0 Å². The summed E-state index contributed by atoms with van der Waals surface area (Å²) in [6, 6.07) is 12.8. The van der Waals surface area contributed by atoms with E-state index in [1.165, 1.54) is 7.11 Å². The first kappa shape index (κ1) is 25.6. The maximum Gasteiger partial charge on any atom is 0.294 e. The van der Waals surface area contributed by atoms with Crippen LogP contribution in [-0.2, 0) is 14.3 Å². The van der Waals surface area contributed by atoms with Crippen LogP contribution >= 0.6 is 11.8 Å². The van der Waals surface area contributed by atoms with Crippen molar-refractivity contribution in [3.05, 3.63) is 52.9 Å². The van der Waals surface area contributed by atoms with E-state index in [1.807, 2.05) is 26.0 Å². The third kappa shape index (κ3) is 6.00. The highest BCUT2D eigenvalue weighted by molar-refractivity contribution is 8.18. The van der Waals surface area contributed by atoms with Gasteiger partial charge in [0.15, 0.2) is 11.5 Å². The molecule has 4 rings (SSSR count). The number of carbonyl (C=O) groups excluding carboxylic acids is 3. The molecule has 2 saturated heterocycles. The smallest absolute Gasteiger partial charge is 0.294 e. The normalized spacial score (nSPS) is 17.2. The van der Waals surface area contributed by atoms with Gasteiger partial charge in [-0.25, -0.2) is 0 Å². The molecule has 0 atom stereocenters. The van der Waals surface area contributed by atoms with Gasteiger partial charge in [-0.1, -0.05) is 12.1 Å². The highest BCUT2D eigenvalue weighted by Gasteiger charge is 2.36. The van der Waals surface area contributed by atoms with E-state index in [4.69, 9.17) is 14.2 Å². The van der Waals surface area contributed by atoms with Crippen LogP contribution in [0.5, 0.6) is 11.5 Å². The van der Waals surface area contributed by atoms with E-state index in [0.717, 1.165) is 35.4 Å². The number of carbonyl (C=O) groups is 3. The quantitative estimate of drug-likeness (QED) is 0.532. The number of hydrogen-bond donors (Lipinski definition) is 1. The van der Waals surface area contributed by atoms with Crippen LogP contribution in [0.3, 0.4) is 0 Å². The Balaban J connectivity index is 1.42. The van der Waals surface area contributed by atoms with Gasteiger partial charge in [0, 0.05) is 30.0 Å². The average Bonchev–Trinajstić information content (AvgIpc) is 3.13. The lowest BCUT2D eigenvalue weighted by molar-refractivity contribution is -0.127. The number of anilines is 2. The average molecular weight is 512 g/mol. The van der Waals surface area contributed by atoms with Gasteiger partial charge in [0.05, 0.1) is 31.3 Å². The Kier molecular flexibility index (Phi) is 8.17. The molecule has 2 aromatic carbocycles. The molecule has 36 heavy (non-hydrogen) atoms. The largest absolute Gasteiger partial charge is 0.493 e. The van der Waals surface area contributed by atoms with Gasteiger partial charge < -0.3 is 24.4 Å². The first-order valence-electron chi connectivity index (χ1n) is 11.7. The summed E-state index contributed by atoms with van der Waals surface area (Å²) in [4.78, 5) is 41.5. The van der Waals surface area contributed by atoms with E-state index >= 15 is 0 Å². The molecule has 0 aliphatic carbocycles. The van der Waals surface area contributed by atoms with Crippen molar-refractivity contribution in [2.24, 2.45) is 0 Å². The molecule has 0 saturated carbocycles. The standard InChI is InChI=1S/C26H29N3O6S/c1-17(2)35-24-18(5-4-6-21(24)33-3)15-22-25(31)29(26(32)36-22)16-23(30)27-19-7-9-20(10-8-19)28-11-13-34-14-12-28/h4-10,15,17H,11-14,16H2,1-3H3,(H,27,30). The van der Waals surface area contributed by atoms with Crippen LogP contribution in [0.25, 0.3) is 6.08 Å². The van der Waals surface area contributed by atoms with Gasteiger partial charge >= 0.3 is 0 Å². The van der Waals surface area contributed by atoms with Crippen LogP contribution in [0, 0.1) is 0 Å². The fourth-order valence-corrected chi connectivity index (χ4v) is 4.70. The van der Waals surface area contributed by atoms with Gasteiger partial charge in [-0.2, -0.15) is 0 Å². The van der Waals surface area contributed by atoms with Gasteiger partial charge in [-0.05, 0) is 62.0 Å². The van der Waals surface area contributed by atoms with Crippen LogP contribution in [0.1, 0.15) is 19.4 Å². The van der Waals surface area contributed by atoms with Crippen LogP contribution in [-0.4, -0.2) is 68.0 Å². The van der Waals surface area contributed by atoms with Crippen LogP contribution in [0.2, 0.25) is 0 Å². The monoisotopic (exact) mass is 511 g/mol. The highest BCUT2D eigenvalue weighted by Crippen LogP contribution is 2.37. The Morgan fingerprint density at radius 2 is 1.86 bits per heavy atom. The SMILES string of the molecule is COc1cccc(C=C2SC(=O)N(CC(=O)Nc3ccc(N4CCOCC4)cc3)C2=O)c1OC(C)C. The molecular formula is C26H29N3O6S. The van der Waals surface area contributed by atoms with Crippen molar-refractivity contribution >= 4 is 46.3 Å². The van der Waals surface area contributed by atoms with Gasteiger partial charge in [0.25, 0.3) is 11.1 Å². The van der Waals surface area contributed by atoms with Crippen molar-refractivity contribution in [3.63, 3.8) is 0 Å². The fraction of sp³-hybridized carbons (Fsp3) is 0.346. The molecule has 1 N–H and O–H groups in total. The molecule has 9 nitrogen and oxygen atoms in total. The molecule has 0 spiro atoms. The first-order valence-corrected chi connectivity index (χ1v) is 12.5. The highest BCUT2D eigenvalue weighted by atomic mass is 32.2. The van der Waals surface area contributed by atoms with Gasteiger partial charge in [0.2, 0.25) is 5.91 Å². The zero-order chi connectivity index (χ0) is 25.7. The molecule has 0 radical (unpaired) electrons. The molecule has 2 aromatic rings. The summed E-state index contributed by atoms with van der Waals surface area (Å²) >= 11 is 0.790. The maximum atomic E-state index is 13.0. The van der Waals surface area contributed by atoms with Crippen molar-refractivity contribution in [2.45, 2.75) is 20.0 Å². The molecule has 2 fully saturated rings. The van der Waals surface area contributed by atoms with E-state index < -0.39 is 17.1 Å². The Morgan fingerprint density at radius 1 is 1.14 bits per heavy atom. The number of rotatable bonds is 8. The second-order valence-corrected chi connectivity index (χ2v) is 9.50. The number of nitrogens with one attached hydrogen (secondary N) is 1. The third-order valence-corrected chi connectivity index (χ3v) is 6.48. The molecule has 2 heterocycles. The minimum Gasteiger partial charge on any atom is -0.493 e. The lowest BCUT2D eigenvalue weighted by Crippen LogP contribution is -2.36. The molecular weight excluding hydrogens is 482 g/mol. The Labute approximate surface area is 214 Å². The first-order chi connectivity index (χ1) is 17.4. The van der Waals surface area contributed by atoms with Crippen molar-refractivity contribution in [3.8, 4) is 11.5 Å². The molecule has 0 unspecified atom stereocenters. The Bertz CT molecular complexity index is 1160. The zero-order valence-corrected chi connectivity index (χ0v) is 21.3. The van der Waals surface area contributed by atoms with Crippen molar-refractivity contribution in [2.75, 3.05) is 50.2 Å². The molecule has 3 amide bonds. The summed E-state index contributed by atoms with van der Waals surface area (Å²) in [5.41, 5.74) is 2.25. The number of nitrogens with zero attached hydrogens (tertiary/aromatic N) is 2. The zero-order valence-electron chi connectivity index (χ0n) is 20.5. The van der Waals surface area contributed by atoms with Gasteiger partial charge in [0.1, 0.15) is 6.54 Å². The van der Waals surface area contributed by atoms with E-state index in [2.05, 4.69) is 10.2 Å². The maximum absolute atomic E-state index is 13.0. The van der Waals surface area contributed by atoms with Crippen LogP contribution < -0.4 is 19.7 Å². The second-order valence-electron chi connectivity index (χ2n) is 8.51. The number of para-hydroxylation sites is 1. The summed E-state index contributed by atoms with van der Waals surface area (Å²) in [7, 11) is 1.54. The lowest BCUT2D eigenvalue weighted by Gasteiger charge is -2.28. The molecule has 0 bridgehead atoms. The number of thioether (sulfide) groups is 1. The topological polar surface area (TPSA) is 97.4 Å². The number of benzene rings is 2. The van der Waals surface area contributed by atoms with E-state index in [1.54, 1.807) is 36.4 Å². The molecule has 10 heteroatoms. The molecule has 0 aromatic heterocycles. The number of morpholine rings is 1. The molecule has 190 valence electrons. The third-order valence-electron chi connectivity index (χ3n) is 5.57. The second kappa shape index (κ2) is 11.5. The number of ether oxygens (including phenoxy) is 3. The summed E-state index contributed by atoms with van der Waals surface area (Å²) in [5, 5.41) is 2.26. The molecule has 2 aliphatic rings. The van der Waals surface area contributed by atoms with Gasteiger partial charge in [-0.3, -0.25) is 19.3 Å². The Morgan fingerprint density at radius 3 is 2.53 bits per heavy atom. The molecule has 2 aliphatic heterocycles. The number of amides is 3. The van der Waals surface area contributed by atoms with Crippen molar-refractivity contribution in [1.82, 2.24) is 4.90 Å². The van der Waals surface area contributed by atoms with Crippen LogP contribution in [0.15, 0.2) is 47.4 Å². The summed E-state index contributed by atoms with van der Waals surface area (Å²) in [5.74, 6) is 0.0276. The van der Waals surface area contributed by atoms with Crippen LogP contribution in [0.4, 0.5) is 16.2 Å². The number of methoxy groups -OCH3 is 1. The Hall–Kier alpha value is -3.50. The van der Waals surface area contributed by atoms with Crippen molar-refractivity contribution < 1.29 is 28.6 Å². The lowest BCUT2D eigenvalue weighted by atomic mass is 10.1.